The number of hydrogen-bond donors (Lipinski definition) is 1. The van der Waals surface area contributed by atoms with E-state index in [1.807, 2.05) is 25.4 Å². The minimum Gasteiger partial charge on any atom is -0.370 e. The quantitative estimate of drug-likeness (QED) is 0.363. The minimum atomic E-state index is -0.526. The summed E-state index contributed by atoms with van der Waals surface area (Å²) >= 11 is 1.41. The van der Waals surface area contributed by atoms with Crippen LogP contribution in [0.3, 0.4) is 0 Å². The summed E-state index contributed by atoms with van der Waals surface area (Å²) in [7, 11) is 3.94. The number of fused-ring (bicyclic) bond motifs is 1. The van der Waals surface area contributed by atoms with E-state index in [1.54, 1.807) is 11.6 Å². The molecular weight excluding hydrogens is 513 g/mol. The summed E-state index contributed by atoms with van der Waals surface area (Å²) in [6.07, 6.45) is 7.35. The molecule has 0 radical (unpaired) electrons. The third-order valence-corrected chi connectivity index (χ3v) is 9.59. The molecule has 0 unspecified atom stereocenters. The molecule has 4 aromatic heterocycles. The number of piperidine rings is 1. The predicted octanol–water partition coefficient (Wildman–Crippen LogP) is 5.30. The second kappa shape index (κ2) is 9.67. The standard InChI is InChI=1S/C29H34FN7OS/c1-17(2)20-14-36(5)27(38)23-18(3)25(39-26(20)23)24-21(30)13-32-28(34-24)33-22-7-6-19(12-31-22)37-10-8-29(9-11-37)15-35(4)16-29/h6-7,12-14,17H,8-11,15-16H2,1-5H3,(H,31,32,33,34). The number of rotatable bonds is 5. The molecule has 0 atom stereocenters. The van der Waals surface area contributed by atoms with Gasteiger partial charge in [-0.2, -0.15) is 0 Å². The van der Waals surface area contributed by atoms with E-state index in [9.17, 15) is 4.79 Å². The SMILES string of the molecule is Cc1c(-c2nc(Nc3ccc(N4CCC5(CC4)CN(C)C5)cn3)ncc2F)sc2c(C(C)C)cn(C)c(=O)c12. The highest BCUT2D eigenvalue weighted by Crippen LogP contribution is 2.41. The lowest BCUT2D eigenvalue weighted by atomic mass is 9.72. The molecule has 0 amide bonds. The average Bonchev–Trinajstić information content (AvgIpc) is 3.24. The Labute approximate surface area is 231 Å². The number of aryl methyl sites for hydroxylation is 2. The van der Waals surface area contributed by atoms with Gasteiger partial charge >= 0.3 is 0 Å². The van der Waals surface area contributed by atoms with E-state index in [-0.39, 0.29) is 23.1 Å². The number of aromatic nitrogens is 4. The van der Waals surface area contributed by atoms with Crippen LogP contribution in [0.4, 0.5) is 21.8 Å². The minimum absolute atomic E-state index is 0.0876. The van der Waals surface area contributed by atoms with Gasteiger partial charge in [0.15, 0.2) is 5.82 Å². The van der Waals surface area contributed by atoms with Crippen molar-refractivity contribution in [2.45, 2.75) is 39.5 Å². The molecule has 1 spiro atoms. The van der Waals surface area contributed by atoms with Gasteiger partial charge in [0, 0.05) is 44.1 Å². The first kappa shape index (κ1) is 25.9. The number of thiophene rings is 1. The molecule has 6 rings (SSSR count). The van der Waals surface area contributed by atoms with E-state index < -0.39 is 5.82 Å². The van der Waals surface area contributed by atoms with E-state index >= 15 is 4.39 Å². The summed E-state index contributed by atoms with van der Waals surface area (Å²) in [6.45, 7) is 10.5. The van der Waals surface area contributed by atoms with Gasteiger partial charge in [-0.05, 0) is 61.4 Å². The zero-order chi connectivity index (χ0) is 27.5. The van der Waals surface area contributed by atoms with Crippen LogP contribution in [-0.2, 0) is 7.05 Å². The Morgan fingerprint density at radius 1 is 1.10 bits per heavy atom. The van der Waals surface area contributed by atoms with Crippen molar-refractivity contribution < 1.29 is 4.39 Å². The van der Waals surface area contributed by atoms with Gasteiger partial charge in [-0.1, -0.05) is 13.8 Å². The molecule has 2 saturated heterocycles. The fourth-order valence-corrected chi connectivity index (χ4v) is 7.56. The second-order valence-electron chi connectivity index (χ2n) is 11.5. The number of pyridine rings is 2. The second-order valence-corrected chi connectivity index (χ2v) is 12.5. The first-order valence-electron chi connectivity index (χ1n) is 13.5. The maximum absolute atomic E-state index is 15.1. The number of nitrogens with one attached hydrogen (secondary N) is 1. The van der Waals surface area contributed by atoms with Crippen LogP contribution in [0.15, 0.2) is 35.5 Å². The average molecular weight is 548 g/mol. The highest BCUT2D eigenvalue weighted by Gasteiger charge is 2.43. The van der Waals surface area contributed by atoms with E-state index in [1.165, 1.54) is 43.5 Å². The maximum Gasteiger partial charge on any atom is 0.259 e. The summed E-state index contributed by atoms with van der Waals surface area (Å²) in [5.41, 5.74) is 3.51. The molecular formula is C29H34FN7OS. The largest absolute Gasteiger partial charge is 0.370 e. The predicted molar refractivity (Wildman–Crippen MR) is 156 cm³/mol. The Hall–Kier alpha value is -3.37. The van der Waals surface area contributed by atoms with Crippen molar-refractivity contribution in [2.75, 3.05) is 43.4 Å². The van der Waals surface area contributed by atoms with Gasteiger partial charge in [0.1, 0.15) is 11.5 Å². The third-order valence-electron chi connectivity index (χ3n) is 8.24. The fourth-order valence-electron chi connectivity index (χ4n) is 6.12. The first-order valence-corrected chi connectivity index (χ1v) is 14.3. The smallest absolute Gasteiger partial charge is 0.259 e. The van der Waals surface area contributed by atoms with Crippen molar-refractivity contribution in [3.05, 3.63) is 58.0 Å². The van der Waals surface area contributed by atoms with Crippen LogP contribution < -0.4 is 15.8 Å². The molecule has 2 fully saturated rings. The van der Waals surface area contributed by atoms with Crippen molar-refractivity contribution in [1.29, 1.82) is 0 Å². The summed E-state index contributed by atoms with van der Waals surface area (Å²) in [6, 6.07) is 3.97. The summed E-state index contributed by atoms with van der Waals surface area (Å²) in [5, 5.41) is 3.75. The molecule has 39 heavy (non-hydrogen) atoms. The van der Waals surface area contributed by atoms with Crippen LogP contribution in [0.5, 0.6) is 0 Å². The molecule has 4 aromatic rings. The van der Waals surface area contributed by atoms with Crippen LogP contribution in [0.2, 0.25) is 0 Å². The number of anilines is 3. The van der Waals surface area contributed by atoms with Gasteiger partial charge in [0.05, 0.1) is 28.3 Å². The van der Waals surface area contributed by atoms with Crippen molar-refractivity contribution in [2.24, 2.45) is 12.5 Å². The van der Waals surface area contributed by atoms with E-state index in [4.69, 9.17) is 0 Å². The lowest BCUT2D eigenvalue weighted by Gasteiger charge is -2.53. The monoisotopic (exact) mass is 547 g/mol. The number of nitrogens with zero attached hydrogens (tertiary/aromatic N) is 6. The van der Waals surface area contributed by atoms with Crippen LogP contribution in [0.1, 0.15) is 43.7 Å². The van der Waals surface area contributed by atoms with E-state index in [0.29, 0.717) is 21.5 Å². The molecule has 10 heteroatoms. The van der Waals surface area contributed by atoms with Crippen LogP contribution in [0, 0.1) is 18.2 Å². The Morgan fingerprint density at radius 2 is 1.85 bits per heavy atom. The molecule has 0 aromatic carbocycles. The lowest BCUT2D eigenvalue weighted by molar-refractivity contribution is 0.00131. The molecule has 0 saturated carbocycles. The summed E-state index contributed by atoms with van der Waals surface area (Å²) < 4.78 is 17.5. The van der Waals surface area contributed by atoms with E-state index in [2.05, 4.69) is 57.0 Å². The molecule has 0 aliphatic carbocycles. The number of halogens is 1. The van der Waals surface area contributed by atoms with Crippen molar-refractivity contribution in [3.63, 3.8) is 0 Å². The van der Waals surface area contributed by atoms with Crippen LogP contribution in [0.25, 0.3) is 20.7 Å². The lowest BCUT2D eigenvalue weighted by Crippen LogP contribution is -2.58. The van der Waals surface area contributed by atoms with Crippen molar-refractivity contribution in [3.8, 4) is 10.6 Å². The molecule has 8 nitrogen and oxygen atoms in total. The molecule has 204 valence electrons. The van der Waals surface area contributed by atoms with Gasteiger partial charge in [-0.3, -0.25) is 4.79 Å². The van der Waals surface area contributed by atoms with Gasteiger partial charge in [0.25, 0.3) is 5.56 Å². The van der Waals surface area contributed by atoms with Crippen molar-refractivity contribution >= 4 is 38.9 Å². The molecule has 2 aliphatic heterocycles. The Morgan fingerprint density at radius 3 is 2.49 bits per heavy atom. The van der Waals surface area contributed by atoms with Crippen molar-refractivity contribution in [1.82, 2.24) is 24.4 Å². The normalized spacial score (nSPS) is 17.3. The topological polar surface area (TPSA) is 79.2 Å². The number of hydrogen-bond acceptors (Lipinski definition) is 8. The zero-order valence-electron chi connectivity index (χ0n) is 23.1. The summed E-state index contributed by atoms with van der Waals surface area (Å²) in [5.74, 6) is 0.545. The fraction of sp³-hybridized carbons (Fsp3) is 0.448. The number of likely N-dealkylation sites (tertiary alicyclic amines) is 1. The molecule has 1 N–H and O–H groups in total. The molecule has 6 heterocycles. The van der Waals surface area contributed by atoms with Crippen LogP contribution in [-0.4, -0.2) is 57.6 Å². The Bertz CT molecular complexity index is 1590. The van der Waals surface area contributed by atoms with E-state index in [0.717, 1.165) is 34.6 Å². The van der Waals surface area contributed by atoms with Crippen LogP contribution >= 0.6 is 11.3 Å². The zero-order valence-corrected chi connectivity index (χ0v) is 23.9. The maximum atomic E-state index is 15.1. The summed E-state index contributed by atoms with van der Waals surface area (Å²) in [4.78, 5) is 31.7. The highest BCUT2D eigenvalue weighted by atomic mass is 32.1. The molecule has 2 aliphatic rings. The third kappa shape index (κ3) is 4.59. The van der Waals surface area contributed by atoms with Gasteiger partial charge in [-0.25, -0.2) is 19.3 Å². The van der Waals surface area contributed by atoms with Gasteiger partial charge in [-0.15, -0.1) is 11.3 Å². The molecule has 0 bridgehead atoms. The Balaban J connectivity index is 1.24. The highest BCUT2D eigenvalue weighted by molar-refractivity contribution is 7.22. The van der Waals surface area contributed by atoms with Gasteiger partial charge < -0.3 is 19.7 Å². The Kier molecular flexibility index (Phi) is 6.42. The first-order chi connectivity index (χ1) is 18.6. The van der Waals surface area contributed by atoms with Gasteiger partial charge in [0.2, 0.25) is 5.95 Å².